The van der Waals surface area contributed by atoms with E-state index in [1.807, 2.05) is 32.0 Å². The number of nitrogens with one attached hydrogen (secondary N) is 1. The zero-order chi connectivity index (χ0) is 15.0. The van der Waals surface area contributed by atoms with Crippen molar-refractivity contribution in [3.8, 4) is 0 Å². The van der Waals surface area contributed by atoms with Crippen molar-refractivity contribution in [2.45, 2.75) is 46.2 Å². The van der Waals surface area contributed by atoms with Gasteiger partial charge in [0.15, 0.2) is 0 Å². The number of rotatable bonds is 7. The smallest absolute Gasteiger partial charge is 0.221 e. The molecule has 0 spiro atoms. The molecule has 1 heterocycles. The maximum absolute atomic E-state index is 11.7. The van der Waals surface area contributed by atoms with Gasteiger partial charge in [-0.15, -0.1) is 0 Å². The fourth-order valence-corrected chi connectivity index (χ4v) is 1.72. The first-order valence-electron chi connectivity index (χ1n) is 6.97. The topological polar surface area (TPSA) is 62.3 Å². The van der Waals surface area contributed by atoms with Gasteiger partial charge < -0.3 is 10.2 Å². The zero-order valence-corrected chi connectivity index (χ0v) is 12.4. The minimum atomic E-state index is -0.0491. The van der Waals surface area contributed by atoms with Crippen LogP contribution in [0, 0.1) is 0 Å². The minimum absolute atomic E-state index is 0.0216. The van der Waals surface area contributed by atoms with Crippen LogP contribution in [0.5, 0.6) is 0 Å². The van der Waals surface area contributed by atoms with Crippen LogP contribution in [0.3, 0.4) is 0 Å². The standard InChI is InChI=1S/C15H23N3O2/c1-4-12(2)17-15(20)8-10-18(13(3)19)11-14-7-5-6-9-16-14/h5-7,9,12H,4,8,10-11H2,1-3H3,(H,17,20). The minimum Gasteiger partial charge on any atom is -0.354 e. The summed E-state index contributed by atoms with van der Waals surface area (Å²) in [7, 11) is 0. The van der Waals surface area contributed by atoms with Crippen molar-refractivity contribution in [2.75, 3.05) is 6.54 Å². The highest BCUT2D eigenvalue weighted by Crippen LogP contribution is 2.03. The van der Waals surface area contributed by atoms with Crippen molar-refractivity contribution >= 4 is 11.8 Å². The van der Waals surface area contributed by atoms with Crippen LogP contribution in [0.1, 0.15) is 39.3 Å². The normalized spacial score (nSPS) is 11.8. The van der Waals surface area contributed by atoms with Crippen molar-refractivity contribution in [3.05, 3.63) is 30.1 Å². The number of pyridine rings is 1. The summed E-state index contributed by atoms with van der Waals surface area (Å²) in [6.45, 7) is 6.35. The molecular formula is C15H23N3O2. The Bertz CT molecular complexity index is 434. The van der Waals surface area contributed by atoms with Crippen LogP contribution in [0.2, 0.25) is 0 Å². The van der Waals surface area contributed by atoms with Gasteiger partial charge in [-0.25, -0.2) is 0 Å². The van der Waals surface area contributed by atoms with Crippen molar-refractivity contribution in [1.82, 2.24) is 15.2 Å². The van der Waals surface area contributed by atoms with Gasteiger partial charge in [-0.2, -0.15) is 0 Å². The van der Waals surface area contributed by atoms with E-state index >= 15 is 0 Å². The third-order valence-corrected chi connectivity index (χ3v) is 3.15. The third kappa shape index (κ3) is 5.82. The fourth-order valence-electron chi connectivity index (χ4n) is 1.72. The van der Waals surface area contributed by atoms with Crippen molar-refractivity contribution in [2.24, 2.45) is 0 Å². The molecule has 1 N–H and O–H groups in total. The van der Waals surface area contributed by atoms with Gasteiger partial charge in [0.1, 0.15) is 0 Å². The van der Waals surface area contributed by atoms with E-state index in [1.165, 1.54) is 6.92 Å². The quantitative estimate of drug-likeness (QED) is 0.825. The molecule has 2 amide bonds. The Morgan fingerprint density at radius 3 is 2.70 bits per heavy atom. The number of hydrogen-bond donors (Lipinski definition) is 1. The van der Waals surface area contributed by atoms with Crippen molar-refractivity contribution < 1.29 is 9.59 Å². The maximum atomic E-state index is 11.7. The Morgan fingerprint density at radius 2 is 2.15 bits per heavy atom. The summed E-state index contributed by atoms with van der Waals surface area (Å²) in [6, 6.07) is 5.76. The average Bonchev–Trinajstić information content (AvgIpc) is 2.44. The van der Waals surface area contributed by atoms with Gasteiger partial charge in [0.05, 0.1) is 12.2 Å². The second-order valence-electron chi connectivity index (χ2n) is 4.89. The summed E-state index contributed by atoms with van der Waals surface area (Å²) in [5.74, 6) is -0.0707. The summed E-state index contributed by atoms with van der Waals surface area (Å²) in [6.07, 6.45) is 2.91. The lowest BCUT2D eigenvalue weighted by Gasteiger charge is -2.21. The SMILES string of the molecule is CCC(C)NC(=O)CCN(Cc1ccccn1)C(C)=O. The molecule has 0 saturated carbocycles. The predicted molar refractivity (Wildman–Crippen MR) is 77.8 cm³/mol. The average molecular weight is 277 g/mol. The molecule has 110 valence electrons. The van der Waals surface area contributed by atoms with Crippen LogP contribution >= 0.6 is 0 Å². The lowest BCUT2D eigenvalue weighted by molar-refractivity contribution is -0.130. The van der Waals surface area contributed by atoms with Crippen LogP contribution < -0.4 is 5.32 Å². The van der Waals surface area contributed by atoms with E-state index in [0.29, 0.717) is 19.5 Å². The summed E-state index contributed by atoms with van der Waals surface area (Å²) < 4.78 is 0. The highest BCUT2D eigenvalue weighted by atomic mass is 16.2. The van der Waals surface area contributed by atoms with E-state index in [9.17, 15) is 9.59 Å². The molecule has 5 nitrogen and oxygen atoms in total. The van der Waals surface area contributed by atoms with Gasteiger partial charge in [-0.3, -0.25) is 14.6 Å². The van der Waals surface area contributed by atoms with Gasteiger partial charge in [0.2, 0.25) is 11.8 Å². The first-order chi connectivity index (χ1) is 9.52. The molecule has 1 unspecified atom stereocenters. The zero-order valence-electron chi connectivity index (χ0n) is 12.4. The molecule has 0 aliphatic heterocycles. The van der Waals surface area contributed by atoms with Crippen LogP contribution in [0.15, 0.2) is 24.4 Å². The van der Waals surface area contributed by atoms with Crippen LogP contribution in [-0.2, 0) is 16.1 Å². The summed E-state index contributed by atoms with van der Waals surface area (Å²) in [5.41, 5.74) is 0.824. The summed E-state index contributed by atoms with van der Waals surface area (Å²) >= 11 is 0. The highest BCUT2D eigenvalue weighted by molar-refractivity contribution is 5.78. The van der Waals surface area contributed by atoms with E-state index in [-0.39, 0.29) is 17.9 Å². The van der Waals surface area contributed by atoms with Gasteiger partial charge in [0, 0.05) is 32.1 Å². The number of carbonyl (C=O) groups is 2. The van der Waals surface area contributed by atoms with E-state index in [0.717, 1.165) is 12.1 Å². The van der Waals surface area contributed by atoms with Gasteiger partial charge >= 0.3 is 0 Å². The molecule has 0 bridgehead atoms. The Kier molecular flexibility index (Phi) is 6.70. The second kappa shape index (κ2) is 8.30. The Labute approximate surface area is 120 Å². The first-order valence-corrected chi connectivity index (χ1v) is 6.97. The molecule has 1 atom stereocenters. The maximum Gasteiger partial charge on any atom is 0.221 e. The molecule has 5 heteroatoms. The lowest BCUT2D eigenvalue weighted by atomic mass is 10.2. The number of amides is 2. The number of nitrogens with zero attached hydrogens (tertiary/aromatic N) is 2. The second-order valence-corrected chi connectivity index (χ2v) is 4.89. The molecule has 0 aliphatic carbocycles. The van der Waals surface area contributed by atoms with E-state index < -0.39 is 0 Å². The molecule has 1 aromatic heterocycles. The Balaban J connectivity index is 2.48. The number of hydrogen-bond acceptors (Lipinski definition) is 3. The van der Waals surface area contributed by atoms with E-state index in [2.05, 4.69) is 10.3 Å². The van der Waals surface area contributed by atoms with Crippen LogP contribution in [-0.4, -0.2) is 34.3 Å². The summed E-state index contributed by atoms with van der Waals surface area (Å²) in [5, 5.41) is 2.90. The van der Waals surface area contributed by atoms with Crippen molar-refractivity contribution in [1.29, 1.82) is 0 Å². The van der Waals surface area contributed by atoms with Gasteiger partial charge in [-0.05, 0) is 25.5 Å². The van der Waals surface area contributed by atoms with Crippen LogP contribution in [0.25, 0.3) is 0 Å². The largest absolute Gasteiger partial charge is 0.354 e. The molecule has 0 radical (unpaired) electrons. The first kappa shape index (κ1) is 16.1. The molecule has 1 rings (SSSR count). The van der Waals surface area contributed by atoms with Gasteiger partial charge in [-0.1, -0.05) is 13.0 Å². The number of carbonyl (C=O) groups excluding carboxylic acids is 2. The van der Waals surface area contributed by atoms with E-state index in [1.54, 1.807) is 11.1 Å². The Hall–Kier alpha value is -1.91. The van der Waals surface area contributed by atoms with Gasteiger partial charge in [0.25, 0.3) is 0 Å². The molecule has 0 saturated heterocycles. The van der Waals surface area contributed by atoms with Crippen molar-refractivity contribution in [3.63, 3.8) is 0 Å². The third-order valence-electron chi connectivity index (χ3n) is 3.15. The lowest BCUT2D eigenvalue weighted by Crippen LogP contribution is -2.36. The highest BCUT2D eigenvalue weighted by Gasteiger charge is 2.13. The molecule has 20 heavy (non-hydrogen) atoms. The van der Waals surface area contributed by atoms with E-state index in [4.69, 9.17) is 0 Å². The molecule has 0 aliphatic rings. The number of aromatic nitrogens is 1. The fraction of sp³-hybridized carbons (Fsp3) is 0.533. The molecule has 0 aromatic carbocycles. The predicted octanol–water partition coefficient (Wildman–Crippen LogP) is 1.73. The summed E-state index contributed by atoms with van der Waals surface area (Å²) in [4.78, 5) is 29.2. The Morgan fingerprint density at radius 1 is 1.40 bits per heavy atom. The molecule has 0 fully saturated rings. The monoisotopic (exact) mass is 277 g/mol. The molecular weight excluding hydrogens is 254 g/mol. The van der Waals surface area contributed by atoms with Crippen LogP contribution in [0.4, 0.5) is 0 Å². The molecule has 1 aromatic rings.